The highest BCUT2D eigenvalue weighted by Crippen LogP contribution is 2.26. The van der Waals surface area contributed by atoms with Crippen LogP contribution in [0.15, 0.2) is 6.07 Å². The van der Waals surface area contributed by atoms with E-state index < -0.39 is 15.2 Å². The van der Waals surface area contributed by atoms with Crippen LogP contribution >= 0.6 is 11.8 Å². The van der Waals surface area contributed by atoms with Crippen molar-refractivity contribution in [3.8, 4) is 0 Å². The monoisotopic (exact) mass is 316 g/mol. The standard InChI is InChI=1S/C12H20N4O2S2/c1-4-9-14-10(13-2)7-11(15-9)16-5-6-19-8-12(16)20(3,17)18/h7,12H,4-6,8H2,1-3H3,(H,13,14,15). The van der Waals surface area contributed by atoms with Gasteiger partial charge in [-0.25, -0.2) is 18.4 Å². The van der Waals surface area contributed by atoms with E-state index in [0.717, 1.165) is 17.4 Å². The average Bonchev–Trinajstić information content (AvgIpc) is 2.45. The number of thioether (sulfide) groups is 1. The van der Waals surface area contributed by atoms with E-state index in [1.54, 1.807) is 18.8 Å². The van der Waals surface area contributed by atoms with Crippen LogP contribution in [-0.2, 0) is 16.3 Å². The molecule has 0 bridgehead atoms. The van der Waals surface area contributed by atoms with Crippen molar-refractivity contribution in [1.82, 2.24) is 9.97 Å². The maximum atomic E-state index is 12.0. The van der Waals surface area contributed by atoms with Gasteiger partial charge in [0.15, 0.2) is 9.84 Å². The number of rotatable bonds is 4. The fourth-order valence-electron chi connectivity index (χ4n) is 2.11. The molecule has 1 aromatic heterocycles. The Kier molecular flexibility index (Phi) is 4.74. The van der Waals surface area contributed by atoms with Crippen LogP contribution in [0.4, 0.5) is 11.6 Å². The van der Waals surface area contributed by atoms with E-state index >= 15 is 0 Å². The third kappa shape index (κ3) is 3.35. The number of hydrogen-bond donors (Lipinski definition) is 1. The second kappa shape index (κ2) is 6.17. The molecule has 1 unspecified atom stereocenters. The molecule has 1 aliphatic rings. The van der Waals surface area contributed by atoms with E-state index in [4.69, 9.17) is 0 Å². The van der Waals surface area contributed by atoms with Crippen molar-refractivity contribution in [2.45, 2.75) is 18.7 Å². The van der Waals surface area contributed by atoms with Crippen LogP contribution in [-0.4, -0.2) is 55.1 Å². The van der Waals surface area contributed by atoms with Crippen molar-refractivity contribution < 1.29 is 8.42 Å². The fraction of sp³-hybridized carbons (Fsp3) is 0.667. The fourth-order valence-corrected chi connectivity index (χ4v) is 4.94. The number of hydrogen-bond acceptors (Lipinski definition) is 7. The highest BCUT2D eigenvalue weighted by molar-refractivity contribution is 8.01. The normalized spacial score (nSPS) is 19.9. The maximum absolute atomic E-state index is 12.0. The Morgan fingerprint density at radius 2 is 2.25 bits per heavy atom. The lowest BCUT2D eigenvalue weighted by atomic mass is 10.4. The first-order valence-electron chi connectivity index (χ1n) is 6.54. The Balaban J connectivity index is 2.41. The van der Waals surface area contributed by atoms with E-state index in [1.807, 2.05) is 17.9 Å². The van der Waals surface area contributed by atoms with Gasteiger partial charge in [0.05, 0.1) is 0 Å². The summed E-state index contributed by atoms with van der Waals surface area (Å²) < 4.78 is 23.9. The summed E-state index contributed by atoms with van der Waals surface area (Å²) in [5, 5.41) is 2.49. The SMILES string of the molecule is CCc1nc(NC)cc(N2CCSCC2S(C)(=O)=O)n1. The first-order chi connectivity index (χ1) is 9.45. The average molecular weight is 316 g/mol. The molecule has 0 amide bonds. The molecule has 8 heteroatoms. The Hall–Kier alpha value is -1.02. The van der Waals surface area contributed by atoms with Crippen molar-refractivity contribution in [3.05, 3.63) is 11.9 Å². The largest absolute Gasteiger partial charge is 0.373 e. The first kappa shape index (κ1) is 15.4. The second-order valence-electron chi connectivity index (χ2n) is 4.68. The Morgan fingerprint density at radius 1 is 1.50 bits per heavy atom. The van der Waals surface area contributed by atoms with Crippen LogP contribution in [0.1, 0.15) is 12.7 Å². The lowest BCUT2D eigenvalue weighted by Gasteiger charge is -2.35. The lowest BCUT2D eigenvalue weighted by Crippen LogP contribution is -2.47. The molecule has 0 spiro atoms. The molecular formula is C12H20N4O2S2. The zero-order valence-corrected chi connectivity index (χ0v) is 13.6. The molecule has 0 aromatic carbocycles. The molecule has 112 valence electrons. The summed E-state index contributed by atoms with van der Waals surface area (Å²) >= 11 is 1.67. The predicted octanol–water partition coefficient (Wildman–Crippen LogP) is 1.00. The van der Waals surface area contributed by atoms with E-state index in [9.17, 15) is 8.42 Å². The molecule has 1 aromatic rings. The van der Waals surface area contributed by atoms with Gasteiger partial charge in [0.25, 0.3) is 0 Å². The smallest absolute Gasteiger partial charge is 0.169 e. The molecule has 1 aliphatic heterocycles. The molecule has 0 aliphatic carbocycles. The minimum Gasteiger partial charge on any atom is -0.373 e. The zero-order valence-electron chi connectivity index (χ0n) is 12.0. The van der Waals surface area contributed by atoms with Gasteiger partial charge in [0.2, 0.25) is 0 Å². The molecule has 20 heavy (non-hydrogen) atoms. The molecular weight excluding hydrogens is 296 g/mol. The molecule has 1 atom stereocenters. The third-order valence-corrected chi connectivity index (χ3v) is 5.85. The van der Waals surface area contributed by atoms with E-state index in [-0.39, 0.29) is 0 Å². The van der Waals surface area contributed by atoms with Crippen molar-refractivity contribution in [1.29, 1.82) is 0 Å². The Bertz CT molecular complexity index is 555. The van der Waals surface area contributed by atoms with Gasteiger partial charge in [0, 0.05) is 43.8 Å². The number of nitrogens with zero attached hydrogens (tertiary/aromatic N) is 3. The van der Waals surface area contributed by atoms with Crippen LogP contribution < -0.4 is 10.2 Å². The first-order valence-corrected chi connectivity index (χ1v) is 9.65. The van der Waals surface area contributed by atoms with Gasteiger partial charge in [-0.15, -0.1) is 0 Å². The number of nitrogens with one attached hydrogen (secondary N) is 1. The van der Waals surface area contributed by atoms with Crippen LogP contribution in [0.5, 0.6) is 0 Å². The van der Waals surface area contributed by atoms with Crippen LogP contribution in [0.25, 0.3) is 0 Å². The Morgan fingerprint density at radius 3 is 2.85 bits per heavy atom. The third-order valence-electron chi connectivity index (χ3n) is 3.20. The van der Waals surface area contributed by atoms with Crippen LogP contribution in [0.2, 0.25) is 0 Å². The van der Waals surface area contributed by atoms with E-state index in [2.05, 4.69) is 15.3 Å². The highest BCUT2D eigenvalue weighted by Gasteiger charge is 2.32. The summed E-state index contributed by atoms with van der Waals surface area (Å²) in [5.74, 6) is 3.62. The molecule has 0 radical (unpaired) electrons. The van der Waals surface area contributed by atoms with Gasteiger partial charge < -0.3 is 10.2 Å². The summed E-state index contributed by atoms with van der Waals surface area (Å²) in [6.07, 6.45) is 2.01. The molecule has 2 heterocycles. The van der Waals surface area contributed by atoms with Gasteiger partial charge in [-0.2, -0.15) is 11.8 Å². The molecule has 6 nitrogen and oxygen atoms in total. The van der Waals surface area contributed by atoms with Crippen molar-refractivity contribution in [2.24, 2.45) is 0 Å². The summed E-state index contributed by atoms with van der Waals surface area (Å²) in [6.45, 7) is 2.67. The lowest BCUT2D eigenvalue weighted by molar-refractivity contribution is 0.583. The summed E-state index contributed by atoms with van der Waals surface area (Å²) in [5.41, 5.74) is 0. The van der Waals surface area contributed by atoms with Gasteiger partial charge in [0.1, 0.15) is 22.8 Å². The summed E-state index contributed by atoms with van der Waals surface area (Å²) in [7, 11) is -1.34. The number of sulfone groups is 1. The second-order valence-corrected chi connectivity index (χ2v) is 8.04. The van der Waals surface area contributed by atoms with Gasteiger partial charge in [-0.05, 0) is 0 Å². The summed E-state index contributed by atoms with van der Waals surface area (Å²) in [6, 6.07) is 1.81. The molecule has 1 N–H and O–H groups in total. The van der Waals surface area contributed by atoms with E-state index in [1.165, 1.54) is 6.26 Å². The van der Waals surface area contributed by atoms with Gasteiger partial charge in [-0.3, -0.25) is 0 Å². The van der Waals surface area contributed by atoms with Crippen molar-refractivity contribution in [3.63, 3.8) is 0 Å². The maximum Gasteiger partial charge on any atom is 0.169 e. The van der Waals surface area contributed by atoms with Crippen molar-refractivity contribution >= 4 is 33.2 Å². The summed E-state index contributed by atoms with van der Waals surface area (Å²) in [4.78, 5) is 10.7. The molecule has 1 saturated heterocycles. The minimum atomic E-state index is -3.14. The number of aromatic nitrogens is 2. The van der Waals surface area contributed by atoms with Gasteiger partial charge in [-0.1, -0.05) is 6.92 Å². The number of anilines is 2. The topological polar surface area (TPSA) is 75.2 Å². The molecule has 0 saturated carbocycles. The van der Waals surface area contributed by atoms with Crippen LogP contribution in [0.3, 0.4) is 0 Å². The van der Waals surface area contributed by atoms with Crippen molar-refractivity contribution in [2.75, 3.05) is 41.6 Å². The number of aryl methyl sites for hydroxylation is 1. The molecule has 1 fully saturated rings. The van der Waals surface area contributed by atoms with Crippen LogP contribution in [0, 0.1) is 0 Å². The van der Waals surface area contributed by atoms with Gasteiger partial charge >= 0.3 is 0 Å². The quantitative estimate of drug-likeness (QED) is 0.888. The van der Waals surface area contributed by atoms with E-state index in [0.29, 0.717) is 24.5 Å². The molecule has 2 rings (SSSR count). The minimum absolute atomic E-state index is 0.509. The zero-order chi connectivity index (χ0) is 14.8. The highest BCUT2D eigenvalue weighted by atomic mass is 32.2. The predicted molar refractivity (Wildman–Crippen MR) is 84.3 cm³/mol. The Labute approximate surface area is 124 Å².